The summed E-state index contributed by atoms with van der Waals surface area (Å²) in [5.74, 6) is -0.781. The molecule has 13 heteroatoms. The Labute approximate surface area is 219 Å². The number of benzene rings is 2. The van der Waals surface area contributed by atoms with E-state index in [0.29, 0.717) is 22.3 Å². The average molecular weight is 542 g/mol. The number of hydrogen-bond acceptors (Lipinski definition) is 7. The molecule has 4 aromatic rings. The van der Waals surface area contributed by atoms with E-state index < -0.39 is 29.8 Å². The molecule has 0 bridgehead atoms. The number of nitrogens with one attached hydrogen (secondary N) is 1. The number of amides is 1. The maximum atomic E-state index is 14.6. The first-order valence-electron chi connectivity index (χ1n) is 12.2. The van der Waals surface area contributed by atoms with E-state index in [0.717, 1.165) is 25.0 Å². The number of ether oxygens (including phenoxy) is 1. The predicted octanol–water partition coefficient (Wildman–Crippen LogP) is 4.86. The van der Waals surface area contributed by atoms with Crippen molar-refractivity contribution in [3.05, 3.63) is 59.7 Å². The van der Waals surface area contributed by atoms with Crippen molar-refractivity contribution < 1.29 is 27.1 Å². The SMILES string of the molecule is COc1ccc(-c2nn(C(C)C3Nc4cc(C(F)(F)F)ccc4C(=O)N3C3CC3)c3ncnc(N)c23)cc1F. The zero-order valence-electron chi connectivity index (χ0n) is 20.8. The predicted molar refractivity (Wildman–Crippen MR) is 134 cm³/mol. The second-order valence-corrected chi connectivity index (χ2v) is 9.63. The van der Waals surface area contributed by atoms with Gasteiger partial charge in [0.05, 0.1) is 29.7 Å². The molecule has 2 aromatic heterocycles. The van der Waals surface area contributed by atoms with E-state index in [1.54, 1.807) is 22.6 Å². The molecule has 0 radical (unpaired) electrons. The summed E-state index contributed by atoms with van der Waals surface area (Å²) < 4.78 is 61.5. The van der Waals surface area contributed by atoms with Gasteiger partial charge in [-0.3, -0.25) is 4.79 Å². The molecule has 39 heavy (non-hydrogen) atoms. The molecule has 2 unspecified atom stereocenters. The lowest BCUT2D eigenvalue weighted by atomic mass is 10.0. The molecule has 2 aliphatic rings. The fraction of sp³-hybridized carbons (Fsp3) is 0.308. The average Bonchev–Trinajstić information content (AvgIpc) is 3.66. The van der Waals surface area contributed by atoms with Gasteiger partial charge < -0.3 is 20.7 Å². The molecular weight excluding hydrogens is 518 g/mol. The molecule has 2 atom stereocenters. The lowest BCUT2D eigenvalue weighted by Gasteiger charge is -2.41. The highest BCUT2D eigenvalue weighted by atomic mass is 19.4. The normalized spacial score (nSPS) is 18.2. The first-order chi connectivity index (χ1) is 18.6. The Morgan fingerprint density at radius 3 is 2.59 bits per heavy atom. The zero-order chi connectivity index (χ0) is 27.6. The van der Waals surface area contributed by atoms with Gasteiger partial charge in [-0.25, -0.2) is 19.0 Å². The number of aromatic nitrogens is 4. The monoisotopic (exact) mass is 541 g/mol. The Morgan fingerprint density at radius 2 is 1.92 bits per heavy atom. The minimum absolute atomic E-state index is 0.0574. The van der Waals surface area contributed by atoms with Gasteiger partial charge in [0.2, 0.25) is 0 Å². The molecule has 2 aromatic carbocycles. The Hall–Kier alpha value is -4.42. The Morgan fingerprint density at radius 1 is 1.15 bits per heavy atom. The largest absolute Gasteiger partial charge is 0.494 e. The molecule has 1 aliphatic carbocycles. The number of methoxy groups -OCH3 is 1. The van der Waals surface area contributed by atoms with Gasteiger partial charge in [0.15, 0.2) is 17.2 Å². The molecular formula is C26H23F4N7O2. The quantitative estimate of drug-likeness (QED) is 0.347. The topological polar surface area (TPSA) is 111 Å². The van der Waals surface area contributed by atoms with Crippen molar-refractivity contribution in [2.24, 2.45) is 0 Å². The number of nitrogen functional groups attached to an aromatic ring is 1. The minimum atomic E-state index is -4.57. The standard InChI is InChI=1S/C26H23F4N7O2/c1-12(23-34-18-10-14(26(28,29)30)4-7-16(18)25(38)36(23)15-5-6-15)37-24-20(22(31)32-11-33-24)21(35-37)13-3-8-19(39-2)17(27)9-13/h3-4,7-12,15,23,34H,5-6H2,1-2H3,(H2,31,32,33). The summed E-state index contributed by atoms with van der Waals surface area (Å²) in [4.78, 5) is 23.6. The first kappa shape index (κ1) is 24.9. The molecule has 6 rings (SSSR count). The highest BCUT2D eigenvalue weighted by molar-refractivity contribution is 6.02. The summed E-state index contributed by atoms with van der Waals surface area (Å²) in [5, 5.41) is 8.25. The van der Waals surface area contributed by atoms with Crippen molar-refractivity contribution in [1.29, 1.82) is 0 Å². The third-order valence-corrected chi connectivity index (χ3v) is 7.14. The summed E-state index contributed by atoms with van der Waals surface area (Å²) in [6.07, 6.45) is -2.50. The van der Waals surface area contributed by atoms with Crippen LogP contribution in [0.15, 0.2) is 42.7 Å². The number of alkyl halides is 3. The lowest BCUT2D eigenvalue weighted by Crippen LogP contribution is -2.53. The summed E-state index contributed by atoms with van der Waals surface area (Å²) in [6, 6.07) is 6.73. The van der Waals surface area contributed by atoms with Gasteiger partial charge in [0.1, 0.15) is 24.0 Å². The van der Waals surface area contributed by atoms with E-state index in [-0.39, 0.29) is 34.8 Å². The van der Waals surface area contributed by atoms with Gasteiger partial charge in [-0.15, -0.1) is 0 Å². The van der Waals surface area contributed by atoms with E-state index in [9.17, 15) is 22.4 Å². The Kier molecular flexibility index (Phi) is 5.63. The van der Waals surface area contributed by atoms with E-state index >= 15 is 0 Å². The smallest absolute Gasteiger partial charge is 0.416 e. The molecule has 3 N–H and O–H groups in total. The van der Waals surface area contributed by atoms with Crippen LogP contribution in [0.25, 0.3) is 22.3 Å². The maximum Gasteiger partial charge on any atom is 0.416 e. The highest BCUT2D eigenvalue weighted by Gasteiger charge is 2.45. The number of nitrogens with zero attached hydrogens (tertiary/aromatic N) is 5. The molecule has 1 amide bonds. The van der Waals surface area contributed by atoms with Gasteiger partial charge in [-0.05, 0) is 56.2 Å². The van der Waals surface area contributed by atoms with Crippen LogP contribution in [0, 0.1) is 5.82 Å². The second-order valence-electron chi connectivity index (χ2n) is 9.63. The summed E-state index contributed by atoms with van der Waals surface area (Å²) in [5.41, 5.74) is 6.65. The second kappa shape index (κ2) is 8.82. The maximum absolute atomic E-state index is 14.6. The number of hydrogen-bond donors (Lipinski definition) is 2. The third-order valence-electron chi connectivity index (χ3n) is 7.14. The number of carbonyl (C=O) groups excluding carboxylic acids is 1. The number of rotatable bonds is 5. The van der Waals surface area contributed by atoms with Gasteiger partial charge in [0, 0.05) is 17.3 Å². The van der Waals surface area contributed by atoms with Crippen LogP contribution in [0.4, 0.5) is 29.1 Å². The van der Waals surface area contributed by atoms with Crippen LogP contribution in [0.2, 0.25) is 0 Å². The summed E-state index contributed by atoms with van der Waals surface area (Å²) in [6.45, 7) is 1.78. The van der Waals surface area contributed by atoms with Crippen LogP contribution >= 0.6 is 0 Å². The number of anilines is 2. The zero-order valence-corrected chi connectivity index (χ0v) is 20.8. The van der Waals surface area contributed by atoms with Crippen molar-refractivity contribution in [3.8, 4) is 17.0 Å². The molecule has 0 saturated heterocycles. The Balaban J connectivity index is 1.47. The molecule has 9 nitrogen and oxygen atoms in total. The van der Waals surface area contributed by atoms with Crippen LogP contribution in [0.5, 0.6) is 5.75 Å². The van der Waals surface area contributed by atoms with Gasteiger partial charge in [-0.2, -0.15) is 18.3 Å². The van der Waals surface area contributed by atoms with Gasteiger partial charge in [-0.1, -0.05) is 0 Å². The first-order valence-corrected chi connectivity index (χ1v) is 12.2. The molecule has 1 fully saturated rings. The lowest BCUT2D eigenvalue weighted by molar-refractivity contribution is -0.137. The minimum Gasteiger partial charge on any atom is -0.494 e. The van der Waals surface area contributed by atoms with Crippen LogP contribution in [-0.4, -0.2) is 49.9 Å². The van der Waals surface area contributed by atoms with Crippen LogP contribution in [-0.2, 0) is 6.18 Å². The third kappa shape index (κ3) is 4.08. The van der Waals surface area contributed by atoms with Crippen LogP contribution < -0.4 is 15.8 Å². The van der Waals surface area contributed by atoms with Crippen molar-refractivity contribution >= 4 is 28.4 Å². The summed E-state index contributed by atoms with van der Waals surface area (Å²) in [7, 11) is 1.36. The van der Waals surface area contributed by atoms with E-state index in [2.05, 4.69) is 15.3 Å². The molecule has 0 spiro atoms. The Bertz CT molecular complexity index is 1620. The van der Waals surface area contributed by atoms with E-state index in [1.165, 1.54) is 31.6 Å². The van der Waals surface area contributed by atoms with E-state index in [4.69, 9.17) is 15.6 Å². The van der Waals surface area contributed by atoms with Gasteiger partial charge in [0.25, 0.3) is 5.91 Å². The molecule has 3 heterocycles. The van der Waals surface area contributed by atoms with Crippen molar-refractivity contribution in [3.63, 3.8) is 0 Å². The van der Waals surface area contributed by atoms with Crippen LogP contribution in [0.3, 0.4) is 0 Å². The fourth-order valence-corrected chi connectivity index (χ4v) is 5.05. The number of carbonyl (C=O) groups is 1. The summed E-state index contributed by atoms with van der Waals surface area (Å²) >= 11 is 0. The number of halogens is 4. The molecule has 1 aliphatic heterocycles. The fourth-order valence-electron chi connectivity index (χ4n) is 5.05. The molecule has 1 saturated carbocycles. The number of nitrogens with two attached hydrogens (primary N) is 1. The van der Waals surface area contributed by atoms with Crippen molar-refractivity contribution in [2.75, 3.05) is 18.2 Å². The highest BCUT2D eigenvalue weighted by Crippen LogP contribution is 2.42. The van der Waals surface area contributed by atoms with Crippen molar-refractivity contribution in [2.45, 2.75) is 44.2 Å². The van der Waals surface area contributed by atoms with Gasteiger partial charge >= 0.3 is 6.18 Å². The van der Waals surface area contributed by atoms with E-state index in [1.807, 2.05) is 0 Å². The molecule has 202 valence electrons. The van der Waals surface area contributed by atoms with Crippen molar-refractivity contribution in [1.82, 2.24) is 24.6 Å². The van der Waals surface area contributed by atoms with Crippen LogP contribution in [0.1, 0.15) is 41.7 Å². The number of fused-ring (bicyclic) bond motifs is 2.